The molecule has 4 nitrogen and oxygen atoms in total. The predicted octanol–water partition coefficient (Wildman–Crippen LogP) is 3.11. The highest BCUT2D eigenvalue weighted by atomic mass is 79.9. The van der Waals surface area contributed by atoms with Crippen LogP contribution in [-0.2, 0) is 14.3 Å². The van der Waals surface area contributed by atoms with E-state index in [2.05, 4.69) is 15.9 Å². The molecule has 0 saturated heterocycles. The summed E-state index contributed by atoms with van der Waals surface area (Å²) in [6.45, 7) is 2.10. The van der Waals surface area contributed by atoms with Gasteiger partial charge in [0, 0.05) is 50.0 Å². The maximum absolute atomic E-state index is 13.6. The lowest BCUT2D eigenvalue weighted by Gasteiger charge is -2.20. The molecule has 0 radical (unpaired) electrons. The number of hydrogen-bond donors (Lipinski definition) is 0. The summed E-state index contributed by atoms with van der Waals surface area (Å²) in [4.78, 5) is 13.9. The number of nitrogens with zero attached hydrogens (tertiary/aromatic N) is 1. The summed E-state index contributed by atoms with van der Waals surface area (Å²) in [5.74, 6) is -0.539. The average molecular weight is 374 g/mol. The third-order valence-corrected chi connectivity index (χ3v) is 3.51. The van der Waals surface area contributed by atoms with Crippen LogP contribution in [0, 0.1) is 5.82 Å². The van der Waals surface area contributed by atoms with Gasteiger partial charge in [-0.1, -0.05) is 15.9 Å². The molecular weight excluding hydrogens is 353 g/mol. The zero-order chi connectivity index (χ0) is 16.4. The second-order valence-electron chi connectivity index (χ2n) is 4.66. The van der Waals surface area contributed by atoms with E-state index in [1.54, 1.807) is 31.3 Å². The highest BCUT2D eigenvalue weighted by Gasteiger charge is 2.10. The Hall–Kier alpha value is -1.24. The molecule has 0 unspecified atom stereocenters. The van der Waals surface area contributed by atoms with E-state index < -0.39 is 0 Å². The number of carbonyl (C=O) groups is 1. The quantitative estimate of drug-likeness (QED) is 0.493. The highest BCUT2D eigenvalue weighted by molar-refractivity contribution is 9.10. The van der Waals surface area contributed by atoms with E-state index in [1.807, 2.05) is 0 Å². The van der Waals surface area contributed by atoms with Gasteiger partial charge in [0.25, 0.3) is 0 Å². The number of carbonyl (C=O) groups excluding carboxylic acids is 1. The van der Waals surface area contributed by atoms with Gasteiger partial charge in [-0.3, -0.25) is 4.79 Å². The molecule has 0 spiro atoms. The number of methoxy groups -OCH3 is 2. The number of amides is 1. The second kappa shape index (κ2) is 10.5. The maximum Gasteiger partial charge on any atom is 0.246 e. The molecule has 1 amide bonds. The van der Waals surface area contributed by atoms with Gasteiger partial charge < -0.3 is 14.4 Å². The summed E-state index contributed by atoms with van der Waals surface area (Å²) in [6.07, 6.45) is 3.61. The number of benzene rings is 1. The van der Waals surface area contributed by atoms with Crippen LogP contribution in [0.4, 0.5) is 4.39 Å². The van der Waals surface area contributed by atoms with Gasteiger partial charge in [-0.15, -0.1) is 0 Å². The van der Waals surface area contributed by atoms with Crippen molar-refractivity contribution in [2.45, 2.75) is 6.42 Å². The van der Waals surface area contributed by atoms with Crippen LogP contribution >= 0.6 is 15.9 Å². The van der Waals surface area contributed by atoms with Crippen molar-refractivity contribution in [3.8, 4) is 0 Å². The molecule has 6 heteroatoms. The lowest BCUT2D eigenvalue weighted by Crippen LogP contribution is -2.34. The first kappa shape index (κ1) is 18.8. The first-order valence-electron chi connectivity index (χ1n) is 6.98. The van der Waals surface area contributed by atoms with Gasteiger partial charge in [-0.2, -0.15) is 0 Å². The fraction of sp³-hybridized carbons (Fsp3) is 0.438. The third kappa shape index (κ3) is 6.68. The summed E-state index contributed by atoms with van der Waals surface area (Å²) >= 11 is 3.28. The molecule has 1 rings (SSSR count). The normalized spacial score (nSPS) is 11.1. The fourth-order valence-corrected chi connectivity index (χ4v) is 2.22. The zero-order valence-electron chi connectivity index (χ0n) is 12.9. The van der Waals surface area contributed by atoms with Crippen molar-refractivity contribution in [1.29, 1.82) is 0 Å². The van der Waals surface area contributed by atoms with Crippen LogP contribution in [0.25, 0.3) is 6.08 Å². The molecule has 0 bridgehead atoms. The molecule has 0 fully saturated rings. The van der Waals surface area contributed by atoms with Gasteiger partial charge in [0.15, 0.2) is 0 Å². The minimum Gasteiger partial charge on any atom is -0.385 e. The van der Waals surface area contributed by atoms with E-state index in [0.717, 1.165) is 10.9 Å². The van der Waals surface area contributed by atoms with Crippen LogP contribution in [0.15, 0.2) is 28.7 Å². The zero-order valence-corrected chi connectivity index (χ0v) is 14.4. The van der Waals surface area contributed by atoms with Crippen LogP contribution in [-0.4, -0.2) is 51.3 Å². The van der Waals surface area contributed by atoms with Crippen molar-refractivity contribution < 1.29 is 18.7 Å². The largest absolute Gasteiger partial charge is 0.385 e. The first-order chi connectivity index (χ1) is 10.6. The molecular formula is C16H21BrFNO3. The molecule has 0 aliphatic rings. The van der Waals surface area contributed by atoms with Crippen LogP contribution in [0.3, 0.4) is 0 Å². The monoisotopic (exact) mass is 373 g/mol. The Balaban J connectivity index is 2.71. The van der Waals surface area contributed by atoms with Gasteiger partial charge >= 0.3 is 0 Å². The van der Waals surface area contributed by atoms with Gasteiger partial charge in [0.2, 0.25) is 5.91 Å². The maximum atomic E-state index is 13.6. The molecule has 1 aromatic carbocycles. The smallest absolute Gasteiger partial charge is 0.246 e. The summed E-state index contributed by atoms with van der Waals surface area (Å²) in [7, 11) is 3.21. The molecule has 0 aliphatic carbocycles. The van der Waals surface area contributed by atoms with Crippen LogP contribution in [0.2, 0.25) is 0 Å². The molecule has 0 atom stereocenters. The Kier molecular flexibility index (Phi) is 8.96. The van der Waals surface area contributed by atoms with E-state index in [-0.39, 0.29) is 11.7 Å². The van der Waals surface area contributed by atoms with Gasteiger partial charge in [0.05, 0.1) is 6.61 Å². The lowest BCUT2D eigenvalue weighted by molar-refractivity contribution is -0.126. The molecule has 0 N–H and O–H groups in total. The average Bonchev–Trinajstić information content (AvgIpc) is 2.51. The molecule has 0 aromatic heterocycles. The summed E-state index contributed by atoms with van der Waals surface area (Å²) in [6, 6.07) is 4.60. The van der Waals surface area contributed by atoms with Crippen molar-refractivity contribution in [2.75, 3.05) is 40.5 Å². The SMILES string of the molecule is COCCCN(CCOC)C(=O)C=Cc1cc(Br)ccc1F. The van der Waals surface area contributed by atoms with Crippen molar-refractivity contribution in [3.05, 3.63) is 40.1 Å². The Morgan fingerprint density at radius 1 is 1.27 bits per heavy atom. The van der Waals surface area contributed by atoms with Crippen molar-refractivity contribution >= 4 is 27.9 Å². The summed E-state index contributed by atoms with van der Waals surface area (Å²) in [5.41, 5.74) is 0.367. The molecule has 122 valence electrons. The first-order valence-corrected chi connectivity index (χ1v) is 7.77. The van der Waals surface area contributed by atoms with E-state index in [4.69, 9.17) is 9.47 Å². The Morgan fingerprint density at radius 3 is 2.68 bits per heavy atom. The van der Waals surface area contributed by atoms with Gasteiger partial charge in [-0.25, -0.2) is 4.39 Å². The number of rotatable bonds is 9. The van der Waals surface area contributed by atoms with Crippen LogP contribution in [0.1, 0.15) is 12.0 Å². The van der Waals surface area contributed by atoms with Crippen LogP contribution in [0.5, 0.6) is 0 Å². The molecule has 22 heavy (non-hydrogen) atoms. The van der Waals surface area contributed by atoms with Crippen molar-refractivity contribution in [2.24, 2.45) is 0 Å². The van der Waals surface area contributed by atoms with E-state index in [1.165, 1.54) is 18.2 Å². The lowest BCUT2D eigenvalue weighted by atomic mass is 10.2. The van der Waals surface area contributed by atoms with E-state index in [0.29, 0.717) is 31.9 Å². The topological polar surface area (TPSA) is 38.8 Å². The van der Waals surface area contributed by atoms with Crippen molar-refractivity contribution in [1.82, 2.24) is 4.90 Å². The number of ether oxygens (including phenoxy) is 2. The summed E-state index contributed by atoms with van der Waals surface area (Å²) < 4.78 is 24.4. The Morgan fingerprint density at radius 2 is 2.00 bits per heavy atom. The van der Waals surface area contributed by atoms with Gasteiger partial charge in [-0.05, 0) is 30.7 Å². The minimum atomic E-state index is -0.366. The molecule has 0 aliphatic heterocycles. The Labute approximate surface area is 139 Å². The van der Waals surface area contributed by atoms with Gasteiger partial charge in [0.1, 0.15) is 5.82 Å². The molecule has 1 aromatic rings. The Bertz CT molecular complexity index is 508. The van der Waals surface area contributed by atoms with E-state index >= 15 is 0 Å². The van der Waals surface area contributed by atoms with Crippen LogP contribution < -0.4 is 0 Å². The second-order valence-corrected chi connectivity index (χ2v) is 5.58. The number of halogens is 2. The standard InChI is InChI=1S/C16H21BrFNO3/c1-21-10-3-8-19(9-11-22-2)16(20)7-4-13-12-14(17)5-6-15(13)18/h4-7,12H,3,8-11H2,1-2H3. The number of hydrogen-bond acceptors (Lipinski definition) is 3. The predicted molar refractivity (Wildman–Crippen MR) is 88.1 cm³/mol. The molecule has 0 saturated carbocycles. The van der Waals surface area contributed by atoms with E-state index in [9.17, 15) is 9.18 Å². The van der Waals surface area contributed by atoms with Crippen molar-refractivity contribution in [3.63, 3.8) is 0 Å². The highest BCUT2D eigenvalue weighted by Crippen LogP contribution is 2.16. The summed E-state index contributed by atoms with van der Waals surface area (Å²) in [5, 5.41) is 0. The fourth-order valence-electron chi connectivity index (χ4n) is 1.84. The minimum absolute atomic E-state index is 0.174. The molecule has 0 heterocycles. The third-order valence-electron chi connectivity index (χ3n) is 3.02.